The Morgan fingerprint density at radius 1 is 0.824 bits per heavy atom. The topological polar surface area (TPSA) is 47.6 Å². The van der Waals surface area contributed by atoms with Crippen LogP contribution in [-0.4, -0.2) is 0 Å². The SMILES string of the molecule is N#Cc1ccc(-c2ccc(C#N)c(Br)c2)cc1. The van der Waals surface area contributed by atoms with Gasteiger partial charge in [0.2, 0.25) is 0 Å². The summed E-state index contributed by atoms with van der Waals surface area (Å²) in [5.41, 5.74) is 3.29. The Bertz CT molecular complexity index is 631. The Morgan fingerprint density at radius 3 is 2.00 bits per heavy atom. The molecular weight excluding hydrogens is 276 g/mol. The fraction of sp³-hybridized carbons (Fsp3) is 0. The van der Waals surface area contributed by atoms with Crippen molar-refractivity contribution in [3.63, 3.8) is 0 Å². The van der Waals surface area contributed by atoms with Crippen LogP contribution in [0.5, 0.6) is 0 Å². The summed E-state index contributed by atoms with van der Waals surface area (Å²) in [4.78, 5) is 0. The van der Waals surface area contributed by atoms with Crippen LogP contribution in [0.25, 0.3) is 11.1 Å². The van der Waals surface area contributed by atoms with Crippen molar-refractivity contribution in [1.29, 1.82) is 10.5 Å². The first kappa shape index (κ1) is 11.4. The molecule has 0 aliphatic carbocycles. The molecule has 80 valence electrons. The van der Waals surface area contributed by atoms with Crippen molar-refractivity contribution in [2.75, 3.05) is 0 Å². The molecule has 0 bridgehead atoms. The zero-order valence-corrected chi connectivity index (χ0v) is 10.4. The highest BCUT2D eigenvalue weighted by Gasteiger charge is 2.02. The predicted molar refractivity (Wildman–Crippen MR) is 69.0 cm³/mol. The van der Waals surface area contributed by atoms with E-state index in [-0.39, 0.29) is 0 Å². The van der Waals surface area contributed by atoms with Crippen LogP contribution in [0, 0.1) is 22.7 Å². The van der Waals surface area contributed by atoms with Gasteiger partial charge in [-0.1, -0.05) is 18.2 Å². The van der Waals surface area contributed by atoms with Crippen LogP contribution in [0.15, 0.2) is 46.9 Å². The van der Waals surface area contributed by atoms with Gasteiger partial charge in [-0.25, -0.2) is 0 Å². The van der Waals surface area contributed by atoms with Crippen molar-refractivity contribution >= 4 is 15.9 Å². The van der Waals surface area contributed by atoms with E-state index in [1.165, 1.54) is 0 Å². The normalized spacial score (nSPS) is 9.35. The van der Waals surface area contributed by atoms with E-state index >= 15 is 0 Å². The minimum Gasteiger partial charge on any atom is -0.192 e. The lowest BCUT2D eigenvalue weighted by Gasteiger charge is -2.03. The standard InChI is InChI=1S/C14H7BrN2/c15-14-7-12(5-6-13(14)9-17)11-3-1-10(8-16)2-4-11/h1-7H. The molecule has 2 rings (SSSR count). The van der Waals surface area contributed by atoms with Crippen molar-refractivity contribution in [3.05, 3.63) is 58.1 Å². The number of benzene rings is 2. The lowest BCUT2D eigenvalue weighted by molar-refractivity contribution is 1.46. The molecule has 0 unspecified atom stereocenters. The quantitative estimate of drug-likeness (QED) is 0.797. The zero-order valence-electron chi connectivity index (χ0n) is 8.81. The third kappa shape index (κ3) is 2.36. The Labute approximate surface area is 108 Å². The summed E-state index contributed by atoms with van der Waals surface area (Å²) in [6.45, 7) is 0. The van der Waals surface area contributed by atoms with Crippen LogP contribution >= 0.6 is 15.9 Å². The van der Waals surface area contributed by atoms with E-state index in [0.717, 1.165) is 15.6 Å². The third-order valence-electron chi connectivity index (χ3n) is 2.44. The number of hydrogen-bond donors (Lipinski definition) is 0. The molecule has 0 fully saturated rings. The summed E-state index contributed by atoms with van der Waals surface area (Å²) in [6.07, 6.45) is 0. The lowest BCUT2D eigenvalue weighted by atomic mass is 10.0. The number of halogens is 1. The van der Waals surface area contributed by atoms with E-state index in [1.54, 1.807) is 18.2 Å². The minimum absolute atomic E-state index is 0.613. The van der Waals surface area contributed by atoms with Crippen molar-refractivity contribution in [3.8, 4) is 23.3 Å². The molecular formula is C14H7BrN2. The van der Waals surface area contributed by atoms with E-state index in [9.17, 15) is 0 Å². The molecule has 0 spiro atoms. The van der Waals surface area contributed by atoms with Gasteiger partial charge in [0.1, 0.15) is 6.07 Å². The Balaban J connectivity index is 2.44. The van der Waals surface area contributed by atoms with Gasteiger partial charge in [-0.2, -0.15) is 10.5 Å². The average Bonchev–Trinajstić information content (AvgIpc) is 2.39. The Hall–Kier alpha value is -2.10. The zero-order chi connectivity index (χ0) is 12.3. The fourth-order valence-corrected chi connectivity index (χ4v) is 1.99. The highest BCUT2D eigenvalue weighted by molar-refractivity contribution is 9.10. The number of nitriles is 2. The second-order valence-electron chi connectivity index (χ2n) is 3.50. The van der Waals surface area contributed by atoms with Gasteiger partial charge in [0, 0.05) is 4.47 Å². The molecule has 0 aromatic heterocycles. The van der Waals surface area contributed by atoms with Crippen molar-refractivity contribution in [1.82, 2.24) is 0 Å². The number of nitrogens with zero attached hydrogens (tertiary/aromatic N) is 2. The van der Waals surface area contributed by atoms with E-state index < -0.39 is 0 Å². The molecule has 0 atom stereocenters. The maximum atomic E-state index is 8.83. The maximum absolute atomic E-state index is 8.83. The molecule has 0 aliphatic rings. The van der Waals surface area contributed by atoms with Gasteiger partial charge in [-0.05, 0) is 51.3 Å². The van der Waals surface area contributed by atoms with Gasteiger partial charge in [0.05, 0.1) is 17.2 Å². The average molecular weight is 283 g/mol. The first-order valence-electron chi connectivity index (χ1n) is 4.95. The van der Waals surface area contributed by atoms with Gasteiger partial charge in [0.15, 0.2) is 0 Å². The summed E-state index contributed by atoms with van der Waals surface area (Å²) in [5.74, 6) is 0. The van der Waals surface area contributed by atoms with E-state index in [0.29, 0.717) is 11.1 Å². The number of hydrogen-bond acceptors (Lipinski definition) is 2. The Morgan fingerprint density at radius 2 is 1.47 bits per heavy atom. The predicted octanol–water partition coefficient (Wildman–Crippen LogP) is 3.86. The highest BCUT2D eigenvalue weighted by atomic mass is 79.9. The largest absolute Gasteiger partial charge is 0.192 e. The fourth-order valence-electron chi connectivity index (χ4n) is 1.52. The molecule has 2 nitrogen and oxygen atoms in total. The van der Waals surface area contributed by atoms with Crippen LogP contribution in [0.4, 0.5) is 0 Å². The van der Waals surface area contributed by atoms with E-state index in [4.69, 9.17) is 10.5 Å². The smallest absolute Gasteiger partial charge is 0.100 e. The first-order valence-corrected chi connectivity index (χ1v) is 5.74. The number of rotatable bonds is 1. The van der Waals surface area contributed by atoms with Crippen molar-refractivity contribution in [2.24, 2.45) is 0 Å². The van der Waals surface area contributed by atoms with Gasteiger partial charge in [-0.3, -0.25) is 0 Å². The lowest BCUT2D eigenvalue weighted by Crippen LogP contribution is -1.82. The van der Waals surface area contributed by atoms with Crippen LogP contribution < -0.4 is 0 Å². The van der Waals surface area contributed by atoms with Gasteiger partial charge < -0.3 is 0 Å². The second kappa shape index (κ2) is 4.82. The molecule has 0 amide bonds. The molecule has 0 radical (unpaired) electrons. The molecule has 0 saturated heterocycles. The van der Waals surface area contributed by atoms with Crippen molar-refractivity contribution < 1.29 is 0 Å². The van der Waals surface area contributed by atoms with E-state index in [2.05, 4.69) is 28.1 Å². The molecule has 17 heavy (non-hydrogen) atoms. The van der Waals surface area contributed by atoms with Gasteiger partial charge in [-0.15, -0.1) is 0 Å². The summed E-state index contributed by atoms with van der Waals surface area (Å²) in [5, 5.41) is 17.6. The summed E-state index contributed by atoms with van der Waals surface area (Å²) in [6, 6.07) is 17.1. The van der Waals surface area contributed by atoms with Crippen LogP contribution in [0.2, 0.25) is 0 Å². The van der Waals surface area contributed by atoms with Crippen LogP contribution in [-0.2, 0) is 0 Å². The summed E-state index contributed by atoms with van der Waals surface area (Å²) < 4.78 is 0.779. The summed E-state index contributed by atoms with van der Waals surface area (Å²) in [7, 11) is 0. The molecule has 2 aromatic rings. The molecule has 3 heteroatoms. The molecule has 0 aliphatic heterocycles. The molecule has 2 aromatic carbocycles. The van der Waals surface area contributed by atoms with E-state index in [1.807, 2.05) is 24.3 Å². The van der Waals surface area contributed by atoms with Gasteiger partial charge >= 0.3 is 0 Å². The van der Waals surface area contributed by atoms with Crippen LogP contribution in [0.1, 0.15) is 11.1 Å². The Kier molecular flexibility index (Phi) is 3.23. The van der Waals surface area contributed by atoms with Crippen LogP contribution in [0.3, 0.4) is 0 Å². The maximum Gasteiger partial charge on any atom is 0.100 e. The molecule has 0 heterocycles. The third-order valence-corrected chi connectivity index (χ3v) is 3.09. The highest BCUT2D eigenvalue weighted by Crippen LogP contribution is 2.25. The molecule has 0 N–H and O–H groups in total. The van der Waals surface area contributed by atoms with Crippen molar-refractivity contribution in [2.45, 2.75) is 0 Å². The van der Waals surface area contributed by atoms with Gasteiger partial charge in [0.25, 0.3) is 0 Å². The monoisotopic (exact) mass is 282 g/mol. The summed E-state index contributed by atoms with van der Waals surface area (Å²) >= 11 is 3.36. The molecule has 0 saturated carbocycles. The minimum atomic E-state index is 0.613. The second-order valence-corrected chi connectivity index (χ2v) is 4.35. The first-order chi connectivity index (χ1) is 8.24.